The number of hydrogen-bond acceptors (Lipinski definition) is 7. The molecule has 5 atom stereocenters. The second-order valence-corrected chi connectivity index (χ2v) is 12.7. The van der Waals surface area contributed by atoms with E-state index in [2.05, 4.69) is 25.8 Å². The summed E-state index contributed by atoms with van der Waals surface area (Å²) in [5.74, 6) is -3.79. The minimum absolute atomic E-state index is 0.00316. The summed E-state index contributed by atoms with van der Waals surface area (Å²) >= 11 is 6.68. The van der Waals surface area contributed by atoms with Crippen molar-refractivity contribution in [2.75, 3.05) is 32.7 Å². The number of nitrogens with one attached hydrogen (secondary N) is 3. The number of dihydropyridines is 1. The molecule has 5 unspecified atom stereocenters. The molecule has 14 heteroatoms. The van der Waals surface area contributed by atoms with Gasteiger partial charge in [-0.05, 0) is 44.3 Å². The lowest BCUT2D eigenvalue weighted by Crippen LogP contribution is -2.54. The Bertz CT molecular complexity index is 1140. The van der Waals surface area contributed by atoms with Gasteiger partial charge < -0.3 is 21.1 Å². The van der Waals surface area contributed by atoms with Gasteiger partial charge in [-0.1, -0.05) is 6.08 Å². The second kappa shape index (κ2) is 12.0. The Hall–Kier alpha value is -2.22. The summed E-state index contributed by atoms with van der Waals surface area (Å²) in [6.45, 7) is 3.37. The number of allylic oxidation sites excluding steroid dienone is 2. The van der Waals surface area contributed by atoms with Gasteiger partial charge in [0, 0.05) is 74.6 Å². The van der Waals surface area contributed by atoms with Gasteiger partial charge >= 0.3 is 6.18 Å². The first-order chi connectivity index (χ1) is 19.7. The standard InChI is InChI=1S/C28H38ClF5N6O2/c1-26(42)6-10-40(11-7-26)22-5-2-18-20(38-22)4-3-19(29)23(18)24(41)35-16-21(39-12-8-27(30,31)9-13-39)17-14-36-25(37-15-17)28(32,33)34/h2,5,14-15,19,21-23,25,36,38,42H,3-4,6-13,16H2,1H3,(H,35,41). The van der Waals surface area contributed by atoms with Crippen molar-refractivity contribution in [2.45, 2.75) is 86.9 Å². The molecule has 0 radical (unpaired) electrons. The van der Waals surface area contributed by atoms with Crippen molar-refractivity contribution in [3.8, 4) is 0 Å². The minimum Gasteiger partial charge on any atom is -0.390 e. The molecule has 1 aliphatic carbocycles. The third kappa shape index (κ3) is 7.11. The Labute approximate surface area is 247 Å². The van der Waals surface area contributed by atoms with Crippen molar-refractivity contribution < 1.29 is 31.9 Å². The number of hydrogen-bond donors (Lipinski definition) is 4. The summed E-state index contributed by atoms with van der Waals surface area (Å²) in [4.78, 5) is 21.2. The molecule has 234 valence electrons. The number of aliphatic hydroxyl groups is 1. The SMILES string of the molecule is CC1(O)CCN(C2C=CC3=C(CCC(Cl)C3C(=O)NCC(C3=CNC(C(F)(F)F)N=C3)N3CCC(F)(F)CC3)N2)CC1. The van der Waals surface area contributed by atoms with Crippen molar-refractivity contribution in [1.29, 1.82) is 0 Å². The second-order valence-electron chi connectivity index (χ2n) is 12.1. The van der Waals surface area contributed by atoms with Gasteiger partial charge in [0.2, 0.25) is 12.1 Å². The van der Waals surface area contributed by atoms with E-state index in [4.69, 9.17) is 11.6 Å². The fourth-order valence-corrected chi connectivity index (χ4v) is 6.62. The predicted octanol–water partition coefficient (Wildman–Crippen LogP) is 3.25. The molecule has 0 aromatic rings. The molecular formula is C28H38ClF5N6O2. The molecule has 0 aromatic carbocycles. The molecule has 0 bridgehead atoms. The number of piperidine rings is 2. The number of carbonyl (C=O) groups excluding carboxylic acids is 1. The van der Waals surface area contributed by atoms with Crippen LogP contribution < -0.4 is 16.0 Å². The van der Waals surface area contributed by atoms with E-state index in [0.717, 1.165) is 30.6 Å². The zero-order valence-electron chi connectivity index (χ0n) is 23.4. The van der Waals surface area contributed by atoms with Gasteiger partial charge in [-0.15, -0.1) is 11.6 Å². The van der Waals surface area contributed by atoms with Crippen molar-refractivity contribution >= 4 is 23.7 Å². The van der Waals surface area contributed by atoms with E-state index < -0.39 is 41.2 Å². The number of aliphatic imine (C=N–C) groups is 1. The maximum Gasteiger partial charge on any atom is 0.429 e. The van der Waals surface area contributed by atoms with Crippen LogP contribution in [0.3, 0.4) is 0 Å². The molecule has 42 heavy (non-hydrogen) atoms. The highest BCUT2D eigenvalue weighted by atomic mass is 35.5. The van der Waals surface area contributed by atoms with Crippen molar-refractivity contribution in [3.63, 3.8) is 0 Å². The minimum atomic E-state index is -4.58. The molecule has 4 N–H and O–H groups in total. The van der Waals surface area contributed by atoms with Crippen LogP contribution in [0.2, 0.25) is 0 Å². The van der Waals surface area contributed by atoms with E-state index in [0.29, 0.717) is 31.3 Å². The first kappa shape index (κ1) is 31.2. The topological polar surface area (TPSA) is 92.2 Å². The summed E-state index contributed by atoms with van der Waals surface area (Å²) in [5, 5.41) is 18.5. The molecule has 5 aliphatic rings. The number of rotatable bonds is 6. The summed E-state index contributed by atoms with van der Waals surface area (Å²) in [6, 6.07) is -0.651. The quantitative estimate of drug-likeness (QED) is 0.269. The number of likely N-dealkylation sites (tertiary alicyclic amines) is 2. The van der Waals surface area contributed by atoms with Crippen LogP contribution in [0.4, 0.5) is 22.0 Å². The predicted molar refractivity (Wildman–Crippen MR) is 149 cm³/mol. The number of amides is 1. The van der Waals surface area contributed by atoms with Crippen LogP contribution in [-0.2, 0) is 4.79 Å². The smallest absolute Gasteiger partial charge is 0.390 e. The molecule has 4 aliphatic heterocycles. The summed E-state index contributed by atoms with van der Waals surface area (Å²) in [6.07, 6.45) is 1.36. The Morgan fingerprint density at radius 2 is 1.90 bits per heavy atom. The van der Waals surface area contributed by atoms with Gasteiger partial charge in [0.15, 0.2) is 0 Å². The van der Waals surface area contributed by atoms with Gasteiger partial charge in [0.1, 0.15) is 0 Å². The van der Waals surface area contributed by atoms with E-state index in [1.165, 1.54) is 6.20 Å². The third-order valence-corrected chi connectivity index (χ3v) is 9.43. The first-order valence-corrected chi connectivity index (χ1v) is 14.9. The van der Waals surface area contributed by atoms with Crippen molar-refractivity contribution in [1.82, 2.24) is 25.8 Å². The van der Waals surface area contributed by atoms with Gasteiger partial charge in [0.25, 0.3) is 5.92 Å². The lowest BCUT2D eigenvalue weighted by Gasteiger charge is -2.43. The zero-order chi connectivity index (χ0) is 30.3. The molecule has 0 aromatic heterocycles. The van der Waals surface area contributed by atoms with E-state index in [9.17, 15) is 31.9 Å². The molecule has 8 nitrogen and oxygen atoms in total. The van der Waals surface area contributed by atoms with Crippen LogP contribution in [0.5, 0.6) is 0 Å². The van der Waals surface area contributed by atoms with Gasteiger partial charge in [0.05, 0.1) is 23.7 Å². The van der Waals surface area contributed by atoms with Crippen molar-refractivity contribution in [2.24, 2.45) is 10.9 Å². The third-order valence-electron chi connectivity index (χ3n) is 8.96. The highest BCUT2D eigenvalue weighted by Gasteiger charge is 2.43. The van der Waals surface area contributed by atoms with Crippen LogP contribution in [0, 0.1) is 5.92 Å². The lowest BCUT2D eigenvalue weighted by molar-refractivity contribution is -0.151. The normalized spacial score (nSPS) is 32.3. The van der Waals surface area contributed by atoms with Crippen molar-refractivity contribution in [3.05, 3.63) is 35.2 Å². The van der Waals surface area contributed by atoms with E-state index in [1.807, 2.05) is 19.1 Å². The van der Waals surface area contributed by atoms with Crippen LogP contribution in [0.25, 0.3) is 0 Å². The molecule has 2 saturated heterocycles. The van der Waals surface area contributed by atoms with Gasteiger partial charge in [-0.2, -0.15) is 13.2 Å². The Morgan fingerprint density at radius 3 is 2.52 bits per heavy atom. The fourth-order valence-electron chi connectivity index (χ4n) is 6.26. The van der Waals surface area contributed by atoms with E-state index >= 15 is 0 Å². The highest BCUT2D eigenvalue weighted by Crippen LogP contribution is 2.37. The monoisotopic (exact) mass is 620 g/mol. The largest absolute Gasteiger partial charge is 0.429 e. The summed E-state index contributed by atoms with van der Waals surface area (Å²) < 4.78 is 67.1. The van der Waals surface area contributed by atoms with Crippen LogP contribution >= 0.6 is 11.6 Å². The number of carbonyl (C=O) groups is 1. The number of alkyl halides is 6. The van der Waals surface area contributed by atoms with E-state index in [1.54, 1.807) is 4.90 Å². The highest BCUT2D eigenvalue weighted by molar-refractivity contribution is 6.22. The molecule has 1 amide bonds. The Balaban J connectivity index is 1.27. The lowest BCUT2D eigenvalue weighted by atomic mass is 9.82. The van der Waals surface area contributed by atoms with Gasteiger partial charge in [-0.25, -0.2) is 8.78 Å². The average Bonchev–Trinajstić information content (AvgIpc) is 2.93. The molecule has 2 fully saturated rings. The van der Waals surface area contributed by atoms with Crippen LogP contribution in [-0.4, -0.2) is 101 Å². The van der Waals surface area contributed by atoms with E-state index in [-0.39, 0.29) is 44.5 Å². The summed E-state index contributed by atoms with van der Waals surface area (Å²) in [7, 11) is 0. The average molecular weight is 621 g/mol. The summed E-state index contributed by atoms with van der Waals surface area (Å²) in [5.41, 5.74) is 1.44. The maximum atomic E-state index is 13.9. The molecule has 0 spiro atoms. The zero-order valence-corrected chi connectivity index (χ0v) is 24.2. The Kier molecular flexibility index (Phi) is 8.95. The molecule has 4 heterocycles. The molecule has 5 rings (SSSR count). The van der Waals surface area contributed by atoms with Crippen LogP contribution in [0.1, 0.15) is 45.4 Å². The molecular weight excluding hydrogens is 583 g/mol. The maximum absolute atomic E-state index is 13.9. The number of nitrogens with zero attached hydrogens (tertiary/aromatic N) is 3. The first-order valence-electron chi connectivity index (χ1n) is 14.5. The van der Waals surface area contributed by atoms with Gasteiger partial charge in [-0.3, -0.25) is 19.6 Å². The Morgan fingerprint density at radius 1 is 1.21 bits per heavy atom. The fraction of sp³-hybridized carbons (Fsp3) is 0.714. The van der Waals surface area contributed by atoms with Crippen LogP contribution in [0.15, 0.2) is 40.2 Å². The molecule has 0 saturated carbocycles. The number of halogens is 6.